The molecule has 0 saturated carbocycles. The molecular formula is C17H19BrN2O3. The van der Waals surface area contributed by atoms with Crippen LogP contribution in [0.2, 0.25) is 0 Å². The van der Waals surface area contributed by atoms with Crippen LogP contribution in [-0.2, 0) is 6.54 Å². The van der Waals surface area contributed by atoms with Crippen LogP contribution in [0.5, 0.6) is 0 Å². The zero-order chi connectivity index (χ0) is 16.8. The number of hydrogen-bond donors (Lipinski definition) is 2. The van der Waals surface area contributed by atoms with Crippen LogP contribution >= 0.6 is 15.9 Å². The second-order valence-corrected chi connectivity index (χ2v) is 6.05. The van der Waals surface area contributed by atoms with Crippen molar-refractivity contribution >= 4 is 27.7 Å². The molecule has 1 aromatic carbocycles. The Hall–Kier alpha value is -2.08. The van der Waals surface area contributed by atoms with Gasteiger partial charge in [-0.3, -0.25) is 9.59 Å². The van der Waals surface area contributed by atoms with Crippen molar-refractivity contribution in [3.05, 3.63) is 58.0 Å². The fourth-order valence-electron chi connectivity index (χ4n) is 1.89. The number of hydrogen-bond acceptors (Lipinski definition) is 3. The van der Waals surface area contributed by atoms with E-state index in [1.165, 1.54) is 0 Å². The molecule has 0 saturated heterocycles. The maximum atomic E-state index is 12.0. The maximum absolute atomic E-state index is 12.0. The monoisotopic (exact) mass is 378 g/mol. The van der Waals surface area contributed by atoms with Gasteiger partial charge in [-0.2, -0.15) is 0 Å². The first-order valence-electron chi connectivity index (χ1n) is 7.43. The molecule has 1 atom stereocenters. The predicted molar refractivity (Wildman–Crippen MR) is 91.2 cm³/mol. The number of carbonyl (C=O) groups excluding carboxylic acids is 2. The summed E-state index contributed by atoms with van der Waals surface area (Å²) in [6.07, 6.45) is 0.888. The molecule has 122 valence electrons. The molecule has 0 radical (unpaired) electrons. The van der Waals surface area contributed by atoms with Crippen LogP contribution in [-0.4, -0.2) is 17.9 Å². The van der Waals surface area contributed by atoms with E-state index in [1.807, 2.05) is 26.0 Å². The van der Waals surface area contributed by atoms with E-state index < -0.39 is 0 Å². The SMILES string of the molecule is CC[C@H](C)NC(=O)c1ccc(CNC(=O)c2ccc(Br)o2)cc1. The molecule has 23 heavy (non-hydrogen) atoms. The fraction of sp³-hybridized carbons (Fsp3) is 0.294. The number of halogens is 1. The molecule has 0 unspecified atom stereocenters. The van der Waals surface area contributed by atoms with Crippen LogP contribution < -0.4 is 10.6 Å². The highest BCUT2D eigenvalue weighted by Gasteiger charge is 2.11. The van der Waals surface area contributed by atoms with Crippen molar-refractivity contribution in [1.29, 1.82) is 0 Å². The van der Waals surface area contributed by atoms with Crippen molar-refractivity contribution in [1.82, 2.24) is 10.6 Å². The average Bonchev–Trinajstić information content (AvgIpc) is 2.99. The molecule has 1 heterocycles. The highest BCUT2D eigenvalue weighted by Crippen LogP contribution is 2.14. The first kappa shape index (κ1) is 17.3. The largest absolute Gasteiger partial charge is 0.444 e. The van der Waals surface area contributed by atoms with Crippen molar-refractivity contribution in [2.24, 2.45) is 0 Å². The number of amides is 2. The highest BCUT2D eigenvalue weighted by atomic mass is 79.9. The topological polar surface area (TPSA) is 71.3 Å². The predicted octanol–water partition coefficient (Wildman–Crippen LogP) is 3.50. The minimum absolute atomic E-state index is 0.0876. The first-order valence-corrected chi connectivity index (χ1v) is 8.22. The Morgan fingerprint density at radius 1 is 1.13 bits per heavy atom. The smallest absolute Gasteiger partial charge is 0.287 e. The van der Waals surface area contributed by atoms with Crippen molar-refractivity contribution < 1.29 is 14.0 Å². The zero-order valence-electron chi connectivity index (χ0n) is 13.1. The molecule has 0 fully saturated rings. The van der Waals surface area contributed by atoms with Crippen LogP contribution in [0.25, 0.3) is 0 Å². The molecule has 0 bridgehead atoms. The number of rotatable bonds is 6. The van der Waals surface area contributed by atoms with Crippen LogP contribution in [0, 0.1) is 0 Å². The van der Waals surface area contributed by atoms with Gasteiger partial charge in [0.25, 0.3) is 11.8 Å². The Labute approximate surface area is 143 Å². The Morgan fingerprint density at radius 2 is 1.83 bits per heavy atom. The molecule has 2 amide bonds. The molecule has 0 spiro atoms. The Bertz CT molecular complexity index is 679. The lowest BCUT2D eigenvalue weighted by Crippen LogP contribution is -2.31. The van der Waals surface area contributed by atoms with E-state index >= 15 is 0 Å². The van der Waals surface area contributed by atoms with Crippen LogP contribution in [0.4, 0.5) is 0 Å². The summed E-state index contributed by atoms with van der Waals surface area (Å²) in [5, 5.41) is 5.68. The van der Waals surface area contributed by atoms with Gasteiger partial charge < -0.3 is 15.1 Å². The molecule has 6 heteroatoms. The molecule has 0 aliphatic heterocycles. The van der Waals surface area contributed by atoms with Gasteiger partial charge in [0, 0.05) is 18.2 Å². The van der Waals surface area contributed by atoms with E-state index in [2.05, 4.69) is 26.6 Å². The van der Waals surface area contributed by atoms with Gasteiger partial charge in [0.15, 0.2) is 10.4 Å². The maximum Gasteiger partial charge on any atom is 0.287 e. The zero-order valence-corrected chi connectivity index (χ0v) is 14.6. The Kier molecular flexibility index (Phi) is 5.98. The summed E-state index contributed by atoms with van der Waals surface area (Å²) < 4.78 is 5.70. The van der Waals surface area contributed by atoms with E-state index in [9.17, 15) is 9.59 Å². The minimum atomic E-state index is -0.283. The lowest BCUT2D eigenvalue weighted by Gasteiger charge is -2.11. The average molecular weight is 379 g/mol. The third kappa shape index (κ3) is 4.96. The molecular weight excluding hydrogens is 360 g/mol. The van der Waals surface area contributed by atoms with Crippen LogP contribution in [0.15, 0.2) is 45.5 Å². The number of carbonyl (C=O) groups is 2. The summed E-state index contributed by atoms with van der Waals surface area (Å²) in [5.41, 5.74) is 1.51. The van der Waals surface area contributed by atoms with E-state index in [0.717, 1.165) is 12.0 Å². The summed E-state index contributed by atoms with van der Waals surface area (Å²) in [4.78, 5) is 23.9. The minimum Gasteiger partial charge on any atom is -0.444 e. The lowest BCUT2D eigenvalue weighted by atomic mass is 10.1. The van der Waals surface area contributed by atoms with Gasteiger partial charge in [-0.15, -0.1) is 0 Å². The van der Waals surface area contributed by atoms with Crippen LogP contribution in [0.3, 0.4) is 0 Å². The third-order valence-electron chi connectivity index (χ3n) is 3.46. The van der Waals surface area contributed by atoms with Crippen molar-refractivity contribution in [3.63, 3.8) is 0 Å². The summed E-state index contributed by atoms with van der Waals surface area (Å²) in [7, 11) is 0. The van der Waals surface area contributed by atoms with Gasteiger partial charge in [0.2, 0.25) is 0 Å². The third-order valence-corrected chi connectivity index (χ3v) is 3.88. The van der Waals surface area contributed by atoms with E-state index in [4.69, 9.17) is 4.42 Å². The molecule has 0 aliphatic rings. The van der Waals surface area contributed by atoms with E-state index in [-0.39, 0.29) is 23.6 Å². The van der Waals surface area contributed by atoms with Crippen LogP contribution in [0.1, 0.15) is 46.7 Å². The van der Waals surface area contributed by atoms with Gasteiger partial charge in [-0.05, 0) is 59.1 Å². The number of benzene rings is 1. The summed E-state index contributed by atoms with van der Waals surface area (Å²) >= 11 is 3.16. The molecule has 5 nitrogen and oxygen atoms in total. The second-order valence-electron chi connectivity index (χ2n) is 5.27. The Balaban J connectivity index is 1.90. The van der Waals surface area contributed by atoms with Crippen molar-refractivity contribution in [3.8, 4) is 0 Å². The van der Waals surface area contributed by atoms with E-state index in [1.54, 1.807) is 24.3 Å². The number of furan rings is 1. The standard InChI is InChI=1S/C17H19BrN2O3/c1-3-11(2)20-16(21)13-6-4-12(5-7-13)10-19-17(22)14-8-9-15(18)23-14/h4-9,11H,3,10H2,1-2H3,(H,19,22)(H,20,21)/t11-/m0/s1. The second kappa shape index (κ2) is 7.97. The van der Waals surface area contributed by atoms with Crippen molar-refractivity contribution in [2.45, 2.75) is 32.9 Å². The lowest BCUT2D eigenvalue weighted by molar-refractivity contribution is 0.0918. The Morgan fingerprint density at radius 3 is 2.39 bits per heavy atom. The van der Waals surface area contributed by atoms with E-state index in [0.29, 0.717) is 16.8 Å². The van der Waals surface area contributed by atoms with Gasteiger partial charge in [0.05, 0.1) is 0 Å². The summed E-state index contributed by atoms with van der Waals surface area (Å²) in [6, 6.07) is 10.6. The molecule has 2 aromatic rings. The van der Waals surface area contributed by atoms with Gasteiger partial charge in [-0.25, -0.2) is 0 Å². The van der Waals surface area contributed by atoms with Gasteiger partial charge in [-0.1, -0.05) is 19.1 Å². The van der Waals surface area contributed by atoms with Gasteiger partial charge in [0.1, 0.15) is 0 Å². The quantitative estimate of drug-likeness (QED) is 0.807. The number of nitrogens with one attached hydrogen (secondary N) is 2. The highest BCUT2D eigenvalue weighted by molar-refractivity contribution is 9.10. The summed E-state index contributed by atoms with van der Waals surface area (Å²) in [6.45, 7) is 4.35. The first-order chi connectivity index (χ1) is 11.0. The molecule has 2 rings (SSSR count). The fourth-order valence-corrected chi connectivity index (χ4v) is 2.20. The van der Waals surface area contributed by atoms with Crippen molar-refractivity contribution in [2.75, 3.05) is 0 Å². The molecule has 0 aliphatic carbocycles. The summed E-state index contributed by atoms with van der Waals surface area (Å²) in [5.74, 6) is -0.119. The normalized spacial score (nSPS) is 11.8. The van der Waals surface area contributed by atoms with Gasteiger partial charge >= 0.3 is 0 Å². The molecule has 2 N–H and O–H groups in total. The molecule has 1 aromatic heterocycles.